The number of hydrogen-bond donors (Lipinski definition) is 1. The highest BCUT2D eigenvalue weighted by molar-refractivity contribution is 5.85. The van der Waals surface area contributed by atoms with Crippen LogP contribution in [0.4, 0.5) is 0 Å². The van der Waals surface area contributed by atoms with Crippen LogP contribution in [-0.2, 0) is 9.53 Å². The van der Waals surface area contributed by atoms with Crippen LogP contribution >= 0.6 is 0 Å². The Kier molecular flexibility index (Phi) is 4.81. The van der Waals surface area contributed by atoms with Crippen molar-refractivity contribution in [2.75, 3.05) is 13.2 Å². The van der Waals surface area contributed by atoms with Crippen LogP contribution < -0.4 is 5.32 Å². The summed E-state index contributed by atoms with van der Waals surface area (Å²) in [5.74, 6) is 0.688. The van der Waals surface area contributed by atoms with E-state index in [1.807, 2.05) is 0 Å². The first-order chi connectivity index (χ1) is 9.16. The molecule has 106 valence electrons. The Morgan fingerprint density at radius 1 is 1.26 bits per heavy atom. The van der Waals surface area contributed by atoms with Gasteiger partial charge in [-0.25, -0.2) is 0 Å². The van der Waals surface area contributed by atoms with E-state index in [0.29, 0.717) is 26.1 Å². The monoisotopic (exact) mass is 264 g/mol. The van der Waals surface area contributed by atoms with Crippen molar-refractivity contribution in [3.63, 3.8) is 0 Å². The first-order valence-electron chi connectivity index (χ1n) is 7.46. The number of hydrogen-bond acceptors (Lipinski definition) is 3. The smallest absolute Gasteiger partial charge is 0.240 e. The van der Waals surface area contributed by atoms with Gasteiger partial charge in [0.25, 0.3) is 0 Å². The molecule has 1 heterocycles. The molecule has 0 aromatic heterocycles. The fourth-order valence-corrected chi connectivity index (χ4v) is 3.06. The molecule has 4 nitrogen and oxygen atoms in total. The first kappa shape index (κ1) is 14.3. The molecule has 0 aromatic rings. The van der Waals surface area contributed by atoms with Gasteiger partial charge in [-0.3, -0.25) is 4.79 Å². The molecule has 1 amide bonds. The molecule has 2 rings (SSSR count). The topological polar surface area (TPSA) is 62.1 Å². The van der Waals surface area contributed by atoms with E-state index >= 15 is 0 Å². The SMILES string of the molecule is CC1CCCC(NC(=O)C2(C#N)CCOCC2)CC1. The van der Waals surface area contributed by atoms with Gasteiger partial charge in [0, 0.05) is 19.3 Å². The predicted molar refractivity (Wildman–Crippen MR) is 72.3 cm³/mol. The largest absolute Gasteiger partial charge is 0.381 e. The molecule has 1 saturated heterocycles. The van der Waals surface area contributed by atoms with Gasteiger partial charge in [0.1, 0.15) is 5.41 Å². The van der Waals surface area contributed by atoms with Crippen molar-refractivity contribution >= 4 is 5.91 Å². The van der Waals surface area contributed by atoms with E-state index in [1.54, 1.807) is 0 Å². The van der Waals surface area contributed by atoms with E-state index in [2.05, 4.69) is 18.3 Å². The summed E-state index contributed by atoms with van der Waals surface area (Å²) >= 11 is 0. The van der Waals surface area contributed by atoms with Crippen LogP contribution in [0.15, 0.2) is 0 Å². The maximum atomic E-state index is 12.4. The molecule has 1 aliphatic carbocycles. The molecular weight excluding hydrogens is 240 g/mol. The standard InChI is InChI=1S/C15H24N2O2/c1-12-3-2-4-13(6-5-12)17-14(18)15(11-16)7-9-19-10-8-15/h12-13H,2-10H2,1H3,(H,17,18). The second kappa shape index (κ2) is 6.38. The molecule has 4 heteroatoms. The average molecular weight is 264 g/mol. The van der Waals surface area contributed by atoms with Crippen LogP contribution in [0.5, 0.6) is 0 Å². The minimum Gasteiger partial charge on any atom is -0.381 e. The molecule has 2 unspecified atom stereocenters. The molecule has 2 aliphatic rings. The van der Waals surface area contributed by atoms with E-state index in [-0.39, 0.29) is 11.9 Å². The summed E-state index contributed by atoms with van der Waals surface area (Å²) < 4.78 is 5.27. The summed E-state index contributed by atoms with van der Waals surface area (Å²) in [6, 6.07) is 2.49. The third-order valence-electron chi connectivity index (χ3n) is 4.59. The Balaban J connectivity index is 1.94. The number of nitrogens with zero attached hydrogens (tertiary/aromatic N) is 1. The van der Waals surface area contributed by atoms with Crippen LogP contribution in [0.25, 0.3) is 0 Å². The lowest BCUT2D eigenvalue weighted by Crippen LogP contribution is -2.47. The molecule has 0 bridgehead atoms. The van der Waals surface area contributed by atoms with Crippen molar-refractivity contribution in [1.82, 2.24) is 5.32 Å². The molecule has 0 radical (unpaired) electrons. The molecule has 19 heavy (non-hydrogen) atoms. The highest BCUT2D eigenvalue weighted by Crippen LogP contribution is 2.31. The highest BCUT2D eigenvalue weighted by Gasteiger charge is 2.41. The van der Waals surface area contributed by atoms with Crippen molar-refractivity contribution in [3.05, 3.63) is 0 Å². The quantitative estimate of drug-likeness (QED) is 0.779. The molecule has 1 saturated carbocycles. The minimum absolute atomic E-state index is 0.0714. The van der Waals surface area contributed by atoms with Gasteiger partial charge in [-0.2, -0.15) is 5.26 Å². The number of ether oxygens (including phenoxy) is 1. The van der Waals surface area contributed by atoms with E-state index < -0.39 is 5.41 Å². The third kappa shape index (κ3) is 3.48. The van der Waals surface area contributed by atoms with Crippen LogP contribution in [0.2, 0.25) is 0 Å². The highest BCUT2D eigenvalue weighted by atomic mass is 16.5. The van der Waals surface area contributed by atoms with Crippen molar-refractivity contribution in [2.24, 2.45) is 11.3 Å². The maximum absolute atomic E-state index is 12.4. The Hall–Kier alpha value is -1.08. The Morgan fingerprint density at radius 3 is 2.68 bits per heavy atom. The van der Waals surface area contributed by atoms with Crippen molar-refractivity contribution in [3.8, 4) is 6.07 Å². The van der Waals surface area contributed by atoms with Gasteiger partial charge in [-0.05, 0) is 38.0 Å². The van der Waals surface area contributed by atoms with Crippen LogP contribution in [-0.4, -0.2) is 25.2 Å². The minimum atomic E-state index is -0.851. The number of rotatable bonds is 2. The normalized spacial score (nSPS) is 30.9. The van der Waals surface area contributed by atoms with Gasteiger partial charge < -0.3 is 10.1 Å². The Morgan fingerprint density at radius 2 is 2.00 bits per heavy atom. The van der Waals surface area contributed by atoms with Crippen LogP contribution in [0.1, 0.15) is 51.9 Å². The molecule has 0 spiro atoms. The van der Waals surface area contributed by atoms with Crippen molar-refractivity contribution in [1.29, 1.82) is 5.26 Å². The van der Waals surface area contributed by atoms with Gasteiger partial charge in [-0.1, -0.05) is 19.8 Å². The van der Waals surface area contributed by atoms with Crippen LogP contribution in [0.3, 0.4) is 0 Å². The second-order valence-corrected chi connectivity index (χ2v) is 6.09. The zero-order chi connectivity index (χ0) is 13.7. The molecule has 1 aliphatic heterocycles. The number of carbonyl (C=O) groups is 1. The summed E-state index contributed by atoms with van der Waals surface area (Å²) in [4.78, 5) is 12.4. The summed E-state index contributed by atoms with van der Waals surface area (Å²) in [6.45, 7) is 3.31. The lowest BCUT2D eigenvalue weighted by atomic mass is 9.80. The lowest BCUT2D eigenvalue weighted by Gasteiger charge is -2.31. The maximum Gasteiger partial charge on any atom is 0.240 e. The summed E-state index contributed by atoms with van der Waals surface area (Å²) in [7, 11) is 0. The van der Waals surface area contributed by atoms with Gasteiger partial charge in [0.05, 0.1) is 6.07 Å². The number of nitrogens with one attached hydrogen (secondary N) is 1. The van der Waals surface area contributed by atoms with E-state index in [0.717, 1.165) is 18.8 Å². The van der Waals surface area contributed by atoms with Gasteiger partial charge in [0.15, 0.2) is 0 Å². The Bertz CT molecular complexity index is 356. The molecule has 2 atom stereocenters. The molecular formula is C15H24N2O2. The lowest BCUT2D eigenvalue weighted by molar-refractivity contribution is -0.133. The fourth-order valence-electron chi connectivity index (χ4n) is 3.06. The molecule has 2 fully saturated rings. The zero-order valence-electron chi connectivity index (χ0n) is 11.8. The van der Waals surface area contributed by atoms with Gasteiger partial charge in [-0.15, -0.1) is 0 Å². The number of nitriles is 1. The number of amides is 1. The van der Waals surface area contributed by atoms with Crippen molar-refractivity contribution < 1.29 is 9.53 Å². The second-order valence-electron chi connectivity index (χ2n) is 6.09. The predicted octanol–water partition coefficient (Wildman–Crippen LogP) is 2.39. The van der Waals surface area contributed by atoms with Crippen LogP contribution in [0, 0.1) is 22.7 Å². The average Bonchev–Trinajstić information content (AvgIpc) is 2.64. The van der Waals surface area contributed by atoms with E-state index in [1.165, 1.54) is 19.3 Å². The fraction of sp³-hybridized carbons (Fsp3) is 0.867. The summed E-state index contributed by atoms with van der Waals surface area (Å²) in [6.07, 6.45) is 6.75. The van der Waals surface area contributed by atoms with E-state index in [9.17, 15) is 10.1 Å². The van der Waals surface area contributed by atoms with Gasteiger partial charge in [0.2, 0.25) is 5.91 Å². The van der Waals surface area contributed by atoms with Gasteiger partial charge >= 0.3 is 0 Å². The van der Waals surface area contributed by atoms with E-state index in [4.69, 9.17) is 4.74 Å². The third-order valence-corrected chi connectivity index (χ3v) is 4.59. The molecule has 0 aromatic carbocycles. The molecule has 1 N–H and O–H groups in total. The van der Waals surface area contributed by atoms with Crippen molar-refractivity contribution in [2.45, 2.75) is 57.9 Å². The zero-order valence-corrected chi connectivity index (χ0v) is 11.8. The Labute approximate surface area is 115 Å². The first-order valence-corrected chi connectivity index (χ1v) is 7.46. The number of carbonyl (C=O) groups excluding carboxylic acids is 1. The summed E-state index contributed by atoms with van der Waals surface area (Å²) in [5.41, 5.74) is -0.851. The summed E-state index contributed by atoms with van der Waals surface area (Å²) in [5, 5.41) is 12.5.